The van der Waals surface area contributed by atoms with Gasteiger partial charge in [-0.25, -0.2) is 13.6 Å². The Balaban J connectivity index is 1.91. The fourth-order valence-electron chi connectivity index (χ4n) is 3.48. The summed E-state index contributed by atoms with van der Waals surface area (Å²) in [6.45, 7) is 5.36. The maximum atomic E-state index is 14.5. The van der Waals surface area contributed by atoms with E-state index in [1.54, 1.807) is 32.9 Å². The molecule has 4 atom stereocenters. The Morgan fingerprint density at radius 3 is 2.48 bits per heavy atom. The van der Waals surface area contributed by atoms with E-state index >= 15 is 0 Å². The third-order valence-electron chi connectivity index (χ3n) is 4.54. The van der Waals surface area contributed by atoms with Crippen LogP contribution in [0.4, 0.5) is 13.6 Å². The Labute approximate surface area is 147 Å². The van der Waals surface area contributed by atoms with E-state index in [1.807, 2.05) is 18.2 Å². The average Bonchev–Trinajstić information content (AvgIpc) is 2.49. The molecule has 2 rings (SSSR count). The van der Waals surface area contributed by atoms with Crippen molar-refractivity contribution in [1.29, 1.82) is 0 Å². The molecule has 0 heterocycles. The van der Waals surface area contributed by atoms with Crippen molar-refractivity contribution in [2.24, 2.45) is 0 Å². The molecule has 0 bridgehead atoms. The fourth-order valence-corrected chi connectivity index (χ4v) is 3.48. The van der Waals surface area contributed by atoms with Crippen LogP contribution in [0.2, 0.25) is 0 Å². The summed E-state index contributed by atoms with van der Waals surface area (Å²) in [4.78, 5) is 12.8. The molecule has 0 spiro atoms. The molecule has 25 heavy (non-hydrogen) atoms. The fraction of sp³-hybridized carbons (Fsp3) is 0.632. The van der Waals surface area contributed by atoms with Crippen LogP contribution in [0.5, 0.6) is 0 Å². The van der Waals surface area contributed by atoms with Crippen molar-refractivity contribution in [1.82, 2.24) is 4.90 Å². The highest BCUT2D eigenvalue weighted by Gasteiger charge is 2.40. The van der Waals surface area contributed by atoms with Crippen LogP contribution in [0.15, 0.2) is 30.3 Å². The van der Waals surface area contributed by atoms with Crippen LogP contribution in [0, 0.1) is 0 Å². The second-order valence-corrected chi connectivity index (χ2v) is 7.58. The number of benzene rings is 1. The molecule has 0 saturated heterocycles. The summed E-state index contributed by atoms with van der Waals surface area (Å²) < 4.78 is 33.9. The third-order valence-corrected chi connectivity index (χ3v) is 4.54. The van der Waals surface area contributed by atoms with E-state index in [-0.39, 0.29) is 12.8 Å². The largest absolute Gasteiger partial charge is 0.465 e. The Hall–Kier alpha value is -1.69. The molecule has 1 aliphatic rings. The number of rotatable bonds is 5. The molecule has 4 unspecified atom stereocenters. The SMILES string of the molecule is CC(C)(C)N(C(=O)O)C1CCC(OC(F)Cc2ccccc2)C(F)C1. The zero-order valence-electron chi connectivity index (χ0n) is 15.0. The van der Waals surface area contributed by atoms with Gasteiger partial charge in [-0.05, 0) is 39.2 Å². The van der Waals surface area contributed by atoms with Gasteiger partial charge in [-0.3, -0.25) is 0 Å². The Morgan fingerprint density at radius 1 is 1.32 bits per heavy atom. The molecular weight excluding hydrogens is 328 g/mol. The van der Waals surface area contributed by atoms with Gasteiger partial charge in [-0.15, -0.1) is 0 Å². The first-order valence-corrected chi connectivity index (χ1v) is 8.68. The second kappa shape index (κ2) is 8.13. The number of carbonyl (C=O) groups is 1. The number of amides is 1. The first-order valence-electron chi connectivity index (χ1n) is 8.68. The maximum Gasteiger partial charge on any atom is 0.407 e. The third kappa shape index (κ3) is 5.39. The van der Waals surface area contributed by atoms with Crippen LogP contribution < -0.4 is 0 Å². The summed E-state index contributed by atoms with van der Waals surface area (Å²) in [6.07, 6.45) is -3.95. The lowest BCUT2D eigenvalue weighted by Gasteiger charge is -2.43. The van der Waals surface area contributed by atoms with Crippen molar-refractivity contribution in [3.63, 3.8) is 0 Å². The standard InChI is InChI=1S/C19H27F2NO3/c1-19(2,3)22(18(23)24)14-9-10-16(15(20)12-14)25-17(21)11-13-7-5-4-6-8-13/h4-8,14-17H,9-12H2,1-3H3,(H,23,24). The van der Waals surface area contributed by atoms with Gasteiger partial charge in [0.1, 0.15) is 6.17 Å². The normalized spacial score (nSPS) is 25.4. The van der Waals surface area contributed by atoms with Crippen molar-refractivity contribution in [3.05, 3.63) is 35.9 Å². The van der Waals surface area contributed by atoms with Crippen molar-refractivity contribution >= 4 is 6.09 Å². The van der Waals surface area contributed by atoms with E-state index in [4.69, 9.17) is 4.74 Å². The monoisotopic (exact) mass is 355 g/mol. The topological polar surface area (TPSA) is 49.8 Å². The van der Waals surface area contributed by atoms with Crippen LogP contribution >= 0.6 is 0 Å². The van der Waals surface area contributed by atoms with E-state index in [2.05, 4.69) is 0 Å². The summed E-state index contributed by atoms with van der Waals surface area (Å²) in [5, 5.41) is 9.44. The highest BCUT2D eigenvalue weighted by Crippen LogP contribution is 2.32. The van der Waals surface area contributed by atoms with Crippen LogP contribution in [0.25, 0.3) is 0 Å². The second-order valence-electron chi connectivity index (χ2n) is 7.58. The molecule has 0 aliphatic heterocycles. The predicted molar refractivity (Wildman–Crippen MR) is 92.1 cm³/mol. The average molecular weight is 355 g/mol. The molecule has 0 radical (unpaired) electrons. The minimum absolute atomic E-state index is 0.0340. The molecule has 6 heteroatoms. The molecule has 1 aliphatic carbocycles. The lowest BCUT2D eigenvalue weighted by molar-refractivity contribution is -0.130. The van der Waals surface area contributed by atoms with E-state index in [0.29, 0.717) is 12.8 Å². The summed E-state index contributed by atoms with van der Waals surface area (Å²) in [7, 11) is 0. The minimum atomic E-state index is -1.57. The van der Waals surface area contributed by atoms with Crippen LogP contribution in [-0.4, -0.2) is 46.3 Å². The maximum absolute atomic E-state index is 14.5. The number of alkyl halides is 2. The van der Waals surface area contributed by atoms with Gasteiger partial charge in [-0.2, -0.15) is 0 Å². The molecule has 1 fully saturated rings. The highest BCUT2D eigenvalue weighted by molar-refractivity contribution is 5.66. The zero-order valence-corrected chi connectivity index (χ0v) is 15.0. The van der Waals surface area contributed by atoms with Crippen molar-refractivity contribution < 1.29 is 23.4 Å². The first-order chi connectivity index (χ1) is 11.7. The first kappa shape index (κ1) is 19.6. The molecule has 1 amide bonds. The Morgan fingerprint density at radius 2 is 1.96 bits per heavy atom. The zero-order chi connectivity index (χ0) is 18.6. The van der Waals surface area contributed by atoms with Gasteiger partial charge in [-0.1, -0.05) is 30.3 Å². The smallest absolute Gasteiger partial charge is 0.407 e. The van der Waals surface area contributed by atoms with Gasteiger partial charge in [0.15, 0.2) is 0 Å². The number of halogens is 2. The summed E-state index contributed by atoms with van der Waals surface area (Å²) >= 11 is 0. The number of ether oxygens (including phenoxy) is 1. The molecule has 140 valence electrons. The van der Waals surface area contributed by atoms with Crippen molar-refractivity contribution in [3.8, 4) is 0 Å². The van der Waals surface area contributed by atoms with E-state index < -0.39 is 36.3 Å². The molecule has 1 aromatic rings. The lowest BCUT2D eigenvalue weighted by Crippen LogP contribution is -2.54. The van der Waals surface area contributed by atoms with Gasteiger partial charge in [0, 0.05) is 24.4 Å². The van der Waals surface area contributed by atoms with Crippen LogP contribution in [0.3, 0.4) is 0 Å². The van der Waals surface area contributed by atoms with Crippen LogP contribution in [0.1, 0.15) is 45.6 Å². The number of nitrogens with zero attached hydrogens (tertiary/aromatic N) is 1. The quantitative estimate of drug-likeness (QED) is 0.841. The van der Waals surface area contributed by atoms with Gasteiger partial charge >= 0.3 is 6.09 Å². The van der Waals surface area contributed by atoms with Crippen molar-refractivity contribution in [2.75, 3.05) is 0 Å². The van der Waals surface area contributed by atoms with Gasteiger partial charge in [0.2, 0.25) is 6.36 Å². The number of carboxylic acid groups (broad SMARTS) is 1. The van der Waals surface area contributed by atoms with Gasteiger partial charge in [0.05, 0.1) is 6.10 Å². The van der Waals surface area contributed by atoms with E-state index in [0.717, 1.165) is 5.56 Å². The summed E-state index contributed by atoms with van der Waals surface area (Å²) in [5.41, 5.74) is 0.184. The van der Waals surface area contributed by atoms with Crippen LogP contribution in [-0.2, 0) is 11.2 Å². The highest BCUT2D eigenvalue weighted by atomic mass is 19.1. The molecule has 0 aromatic heterocycles. The van der Waals surface area contributed by atoms with Crippen molar-refractivity contribution in [2.45, 2.75) is 76.7 Å². The van der Waals surface area contributed by atoms with Gasteiger partial charge < -0.3 is 14.7 Å². The minimum Gasteiger partial charge on any atom is -0.465 e. The predicted octanol–water partition coefficient (Wildman–Crippen LogP) is 4.58. The Bertz CT molecular complexity index is 562. The lowest BCUT2D eigenvalue weighted by atomic mass is 9.88. The summed E-state index contributed by atoms with van der Waals surface area (Å²) in [5.74, 6) is 0. The van der Waals surface area contributed by atoms with E-state index in [9.17, 15) is 18.7 Å². The molecule has 4 nitrogen and oxygen atoms in total. The molecule has 1 aromatic carbocycles. The van der Waals surface area contributed by atoms with E-state index in [1.165, 1.54) is 4.90 Å². The number of hydrogen-bond donors (Lipinski definition) is 1. The summed E-state index contributed by atoms with van der Waals surface area (Å²) in [6, 6.07) is 8.66. The Kier molecular flexibility index (Phi) is 6.38. The molecule has 1 saturated carbocycles. The molecule has 1 N–H and O–H groups in total. The van der Waals surface area contributed by atoms with Gasteiger partial charge in [0.25, 0.3) is 0 Å². The number of hydrogen-bond acceptors (Lipinski definition) is 2. The molecular formula is C19H27F2NO3.